The number of esters is 1. The maximum Gasteiger partial charge on any atom is 0.312 e. The van der Waals surface area contributed by atoms with Crippen LogP contribution in [0.1, 0.15) is 78.4 Å². The van der Waals surface area contributed by atoms with Gasteiger partial charge < -0.3 is 9.64 Å². The molecule has 4 nitrogen and oxygen atoms in total. The molecule has 1 atom stereocenters. The fourth-order valence-corrected chi connectivity index (χ4v) is 4.68. The Bertz CT molecular complexity index is 983. The van der Waals surface area contributed by atoms with Crippen molar-refractivity contribution in [2.24, 2.45) is 5.41 Å². The lowest BCUT2D eigenvalue weighted by atomic mass is 9.85. The predicted octanol–water partition coefficient (Wildman–Crippen LogP) is 6.64. The topological polar surface area (TPSA) is 46.6 Å². The van der Waals surface area contributed by atoms with E-state index in [1.54, 1.807) is 13.8 Å². The van der Waals surface area contributed by atoms with E-state index in [4.69, 9.17) is 4.74 Å². The summed E-state index contributed by atoms with van der Waals surface area (Å²) in [4.78, 5) is 27.6. The van der Waals surface area contributed by atoms with Crippen molar-refractivity contribution in [2.45, 2.75) is 91.7 Å². The number of ketones is 1. The standard InChI is InChI=1S/C31H43NO3/c1-23-8-7-20-32(23)21-19-25-11-16-27(17-12-25)26-14-9-24(10-15-26)13-18-28(33)22-31(5,6)29(34)35-30(2,3)4/h9-12,14-17,23H,7-8,13,18-22H2,1-6H3/t23-/m1/s1. The van der Waals surface area contributed by atoms with E-state index in [9.17, 15) is 9.59 Å². The van der Waals surface area contributed by atoms with Crippen molar-refractivity contribution in [3.05, 3.63) is 59.7 Å². The van der Waals surface area contributed by atoms with Gasteiger partial charge >= 0.3 is 5.97 Å². The molecule has 35 heavy (non-hydrogen) atoms. The Kier molecular flexibility index (Phi) is 8.93. The summed E-state index contributed by atoms with van der Waals surface area (Å²) >= 11 is 0. The van der Waals surface area contributed by atoms with Gasteiger partial charge in [-0.05, 0) is 96.0 Å². The molecule has 1 aliphatic rings. The Balaban J connectivity index is 1.48. The molecule has 0 amide bonds. The van der Waals surface area contributed by atoms with Gasteiger partial charge in [-0.3, -0.25) is 9.59 Å². The molecule has 0 N–H and O–H groups in total. The monoisotopic (exact) mass is 477 g/mol. The predicted molar refractivity (Wildman–Crippen MR) is 143 cm³/mol. The lowest BCUT2D eigenvalue weighted by Gasteiger charge is -2.28. The summed E-state index contributed by atoms with van der Waals surface area (Å²) in [6.45, 7) is 13.8. The largest absolute Gasteiger partial charge is 0.460 e. The number of nitrogens with zero attached hydrogens (tertiary/aromatic N) is 1. The molecule has 1 aliphatic heterocycles. The van der Waals surface area contributed by atoms with Gasteiger partial charge in [-0.25, -0.2) is 0 Å². The highest BCUT2D eigenvalue weighted by atomic mass is 16.6. The summed E-state index contributed by atoms with van der Waals surface area (Å²) in [6, 6.07) is 18.1. The van der Waals surface area contributed by atoms with Crippen LogP contribution in [0.5, 0.6) is 0 Å². The number of rotatable bonds is 10. The van der Waals surface area contributed by atoms with Crippen LogP contribution >= 0.6 is 0 Å². The molecule has 2 aromatic rings. The van der Waals surface area contributed by atoms with Gasteiger partial charge in [-0.15, -0.1) is 0 Å². The molecule has 1 heterocycles. The van der Waals surface area contributed by atoms with Crippen molar-refractivity contribution in [1.29, 1.82) is 0 Å². The number of aryl methyl sites for hydroxylation is 1. The average Bonchev–Trinajstić information content (AvgIpc) is 3.20. The normalized spacial score (nSPS) is 16.9. The molecule has 0 aromatic heterocycles. The highest BCUT2D eigenvalue weighted by Crippen LogP contribution is 2.27. The van der Waals surface area contributed by atoms with Crippen LogP contribution in [0.4, 0.5) is 0 Å². The Hall–Kier alpha value is -2.46. The molecular weight excluding hydrogens is 434 g/mol. The minimum atomic E-state index is -0.812. The first-order chi connectivity index (χ1) is 16.4. The van der Waals surface area contributed by atoms with Crippen LogP contribution < -0.4 is 0 Å². The highest BCUT2D eigenvalue weighted by Gasteiger charge is 2.34. The van der Waals surface area contributed by atoms with Crippen molar-refractivity contribution in [1.82, 2.24) is 4.90 Å². The van der Waals surface area contributed by atoms with Crippen LogP contribution in [0.2, 0.25) is 0 Å². The third kappa shape index (κ3) is 8.31. The summed E-state index contributed by atoms with van der Waals surface area (Å²) in [5.41, 5.74) is 3.56. The Morgan fingerprint density at radius 1 is 0.886 bits per heavy atom. The van der Waals surface area contributed by atoms with Crippen LogP contribution in [-0.4, -0.2) is 41.4 Å². The van der Waals surface area contributed by atoms with Crippen molar-refractivity contribution in [2.75, 3.05) is 13.1 Å². The van der Waals surface area contributed by atoms with Gasteiger partial charge in [-0.1, -0.05) is 48.5 Å². The zero-order valence-corrected chi connectivity index (χ0v) is 22.5. The van der Waals surface area contributed by atoms with Gasteiger partial charge in [0.15, 0.2) is 0 Å². The number of ether oxygens (including phenoxy) is 1. The molecule has 0 radical (unpaired) electrons. The molecule has 3 rings (SSSR count). The molecule has 4 heteroatoms. The van der Waals surface area contributed by atoms with Gasteiger partial charge in [0.05, 0.1) is 5.41 Å². The van der Waals surface area contributed by atoms with Crippen LogP contribution in [0.25, 0.3) is 11.1 Å². The van der Waals surface area contributed by atoms with Crippen LogP contribution in [0.15, 0.2) is 48.5 Å². The maximum atomic E-state index is 12.6. The summed E-state index contributed by atoms with van der Waals surface area (Å²) in [7, 11) is 0. The second kappa shape index (κ2) is 11.5. The molecule has 0 saturated carbocycles. The Morgan fingerprint density at radius 2 is 1.43 bits per heavy atom. The van der Waals surface area contributed by atoms with E-state index in [0.29, 0.717) is 12.8 Å². The van der Waals surface area contributed by atoms with Crippen LogP contribution in [0.3, 0.4) is 0 Å². The number of carbonyl (C=O) groups is 2. The van der Waals surface area contributed by atoms with Gasteiger partial charge in [-0.2, -0.15) is 0 Å². The van der Waals surface area contributed by atoms with Gasteiger partial charge in [0.2, 0.25) is 0 Å². The number of carbonyl (C=O) groups excluding carboxylic acids is 2. The van der Waals surface area contributed by atoms with Crippen molar-refractivity contribution in [3.63, 3.8) is 0 Å². The second-order valence-corrected chi connectivity index (χ2v) is 11.8. The lowest BCUT2D eigenvalue weighted by molar-refractivity contribution is -0.167. The maximum absolute atomic E-state index is 12.6. The number of Topliss-reactive ketones (excluding diaryl/α,β-unsaturated/α-hetero) is 1. The summed E-state index contributed by atoms with van der Waals surface area (Å²) in [5.74, 6) is -0.233. The molecule has 0 aliphatic carbocycles. The van der Waals surface area contributed by atoms with Crippen molar-refractivity contribution < 1.29 is 14.3 Å². The van der Waals surface area contributed by atoms with Gasteiger partial charge in [0.1, 0.15) is 11.4 Å². The second-order valence-electron chi connectivity index (χ2n) is 11.8. The number of hydrogen-bond acceptors (Lipinski definition) is 4. The Labute approximate surface area is 212 Å². The molecular formula is C31H43NO3. The van der Waals surface area contributed by atoms with E-state index in [-0.39, 0.29) is 18.2 Å². The van der Waals surface area contributed by atoms with Crippen LogP contribution in [-0.2, 0) is 27.2 Å². The molecule has 0 bridgehead atoms. The third-order valence-corrected chi connectivity index (χ3v) is 6.90. The van der Waals surface area contributed by atoms with Crippen molar-refractivity contribution in [3.8, 4) is 11.1 Å². The quantitative estimate of drug-likeness (QED) is 0.360. The Morgan fingerprint density at radius 3 is 1.91 bits per heavy atom. The zero-order chi connectivity index (χ0) is 25.6. The molecule has 1 saturated heterocycles. The van der Waals surface area contributed by atoms with E-state index < -0.39 is 11.0 Å². The molecule has 0 spiro atoms. The fraction of sp³-hybridized carbons (Fsp3) is 0.548. The first-order valence-corrected chi connectivity index (χ1v) is 13.1. The average molecular weight is 478 g/mol. The van der Waals surface area contributed by atoms with E-state index in [1.165, 1.54) is 36.1 Å². The van der Waals surface area contributed by atoms with Crippen LogP contribution in [0, 0.1) is 5.41 Å². The lowest BCUT2D eigenvalue weighted by Crippen LogP contribution is -2.35. The molecule has 190 valence electrons. The summed E-state index contributed by atoms with van der Waals surface area (Å²) in [5, 5.41) is 0. The first kappa shape index (κ1) is 27.1. The smallest absolute Gasteiger partial charge is 0.312 e. The third-order valence-electron chi connectivity index (χ3n) is 6.90. The van der Waals surface area contributed by atoms with E-state index >= 15 is 0 Å². The molecule has 2 aromatic carbocycles. The number of hydrogen-bond donors (Lipinski definition) is 0. The number of likely N-dealkylation sites (tertiary alicyclic amines) is 1. The summed E-state index contributed by atoms with van der Waals surface area (Å²) < 4.78 is 5.48. The van der Waals surface area contributed by atoms with E-state index in [0.717, 1.165) is 24.6 Å². The SMILES string of the molecule is C[C@@H]1CCCN1CCc1ccc(-c2ccc(CCC(=O)CC(C)(C)C(=O)OC(C)(C)C)cc2)cc1. The van der Waals surface area contributed by atoms with E-state index in [2.05, 4.69) is 60.4 Å². The fourth-order valence-electron chi connectivity index (χ4n) is 4.68. The molecule has 1 fully saturated rings. The summed E-state index contributed by atoms with van der Waals surface area (Å²) in [6.07, 6.45) is 5.06. The highest BCUT2D eigenvalue weighted by molar-refractivity contribution is 5.86. The first-order valence-electron chi connectivity index (χ1n) is 13.1. The zero-order valence-electron chi connectivity index (χ0n) is 22.5. The number of benzene rings is 2. The minimum absolute atomic E-state index is 0.0869. The minimum Gasteiger partial charge on any atom is -0.460 e. The molecule has 0 unspecified atom stereocenters. The van der Waals surface area contributed by atoms with Crippen molar-refractivity contribution >= 4 is 11.8 Å². The van der Waals surface area contributed by atoms with Gasteiger partial charge in [0.25, 0.3) is 0 Å². The van der Waals surface area contributed by atoms with E-state index in [1.807, 2.05) is 20.8 Å². The van der Waals surface area contributed by atoms with Gasteiger partial charge in [0, 0.05) is 25.4 Å².